The summed E-state index contributed by atoms with van der Waals surface area (Å²) in [5, 5.41) is 3.39. The van der Waals surface area contributed by atoms with Gasteiger partial charge in [-0.15, -0.1) is 0 Å². The van der Waals surface area contributed by atoms with Crippen LogP contribution in [0, 0.1) is 5.41 Å². The lowest BCUT2D eigenvalue weighted by molar-refractivity contribution is 0.151. The van der Waals surface area contributed by atoms with Gasteiger partial charge in [-0.3, -0.25) is 0 Å². The smallest absolute Gasteiger partial charge is 0.241 e. The Morgan fingerprint density at radius 3 is 2.50 bits per heavy atom. The van der Waals surface area contributed by atoms with Crippen LogP contribution in [-0.4, -0.2) is 44.5 Å². The number of nitrogens with one attached hydrogen (secondary N) is 2. The molecule has 2 aliphatic rings. The molecule has 1 aromatic carbocycles. The van der Waals surface area contributed by atoms with Crippen molar-refractivity contribution < 1.29 is 8.42 Å². The summed E-state index contributed by atoms with van der Waals surface area (Å²) in [4.78, 5) is 7.45. The summed E-state index contributed by atoms with van der Waals surface area (Å²) < 4.78 is 28.4. The summed E-state index contributed by atoms with van der Waals surface area (Å²) in [5.41, 5.74) is 0.678. The molecule has 6 nitrogen and oxygen atoms in total. The van der Waals surface area contributed by atoms with Crippen LogP contribution in [-0.2, 0) is 16.6 Å². The molecule has 0 bridgehead atoms. The van der Waals surface area contributed by atoms with Crippen molar-refractivity contribution in [2.45, 2.75) is 70.4 Å². The molecule has 1 aromatic rings. The van der Waals surface area contributed by atoms with E-state index in [1.54, 1.807) is 12.1 Å². The van der Waals surface area contributed by atoms with Crippen LogP contribution in [0.2, 0.25) is 0 Å². The van der Waals surface area contributed by atoms with E-state index < -0.39 is 15.6 Å². The lowest BCUT2D eigenvalue weighted by atomic mass is 9.68. The molecule has 2 fully saturated rings. The third-order valence-electron chi connectivity index (χ3n) is 5.59. The van der Waals surface area contributed by atoms with Gasteiger partial charge < -0.3 is 10.2 Å². The highest BCUT2D eigenvalue weighted by Gasteiger charge is 2.43. The monoisotopic (exact) mass is 406 g/mol. The van der Waals surface area contributed by atoms with E-state index in [-0.39, 0.29) is 0 Å². The quantitative estimate of drug-likeness (QED) is 0.582. The van der Waals surface area contributed by atoms with Crippen molar-refractivity contribution in [2.75, 3.05) is 19.6 Å². The van der Waals surface area contributed by atoms with E-state index in [0.717, 1.165) is 25.6 Å². The van der Waals surface area contributed by atoms with Gasteiger partial charge >= 0.3 is 0 Å². The first-order valence-corrected chi connectivity index (χ1v) is 11.8. The van der Waals surface area contributed by atoms with Gasteiger partial charge in [-0.25, -0.2) is 18.1 Å². The maximum atomic E-state index is 12.8. The predicted molar refractivity (Wildman–Crippen MR) is 114 cm³/mol. The Hall–Kier alpha value is -1.60. The van der Waals surface area contributed by atoms with Crippen molar-refractivity contribution in [1.82, 2.24) is 14.9 Å². The number of benzene rings is 1. The zero-order valence-corrected chi connectivity index (χ0v) is 18.4. The maximum Gasteiger partial charge on any atom is 0.241 e. The van der Waals surface area contributed by atoms with Gasteiger partial charge in [-0.05, 0) is 64.0 Å². The van der Waals surface area contributed by atoms with Gasteiger partial charge in [-0.2, -0.15) is 0 Å². The molecule has 0 unspecified atom stereocenters. The summed E-state index contributed by atoms with van der Waals surface area (Å²) in [7, 11) is -3.59. The topological polar surface area (TPSA) is 73.8 Å². The van der Waals surface area contributed by atoms with Crippen LogP contribution >= 0.6 is 0 Å². The third-order valence-corrected chi connectivity index (χ3v) is 7.45. The van der Waals surface area contributed by atoms with Gasteiger partial charge in [-0.1, -0.05) is 24.6 Å². The van der Waals surface area contributed by atoms with E-state index in [0.29, 0.717) is 22.4 Å². The summed E-state index contributed by atoms with van der Waals surface area (Å²) in [6, 6.07) is 7.14. The highest BCUT2D eigenvalue weighted by molar-refractivity contribution is 7.89. The molecule has 0 radical (unpaired) electrons. The fourth-order valence-electron chi connectivity index (χ4n) is 4.14. The van der Waals surface area contributed by atoms with E-state index in [1.807, 2.05) is 32.9 Å². The second kappa shape index (κ2) is 8.03. The van der Waals surface area contributed by atoms with Crippen LogP contribution in [0.25, 0.3) is 0 Å². The van der Waals surface area contributed by atoms with Gasteiger partial charge in [0, 0.05) is 25.2 Å². The van der Waals surface area contributed by atoms with E-state index in [9.17, 15) is 8.42 Å². The van der Waals surface area contributed by atoms with Crippen LogP contribution in [0.4, 0.5) is 0 Å². The van der Waals surface area contributed by atoms with Crippen molar-refractivity contribution >= 4 is 16.0 Å². The van der Waals surface area contributed by atoms with Gasteiger partial charge in [0.15, 0.2) is 5.96 Å². The standard InChI is InChI=1S/C21H34N4O2S/c1-5-22-19(25-14-13-21(16-25)11-8-12-21)23-15-17-9-6-7-10-18(17)28(26,27)24-20(2,3)4/h6-7,9-10,24H,5,8,11-16H2,1-4H3,(H,22,23). The highest BCUT2D eigenvalue weighted by Crippen LogP contribution is 2.47. The summed E-state index contributed by atoms with van der Waals surface area (Å²) in [6.45, 7) is 10.8. The molecular weight excluding hydrogens is 372 g/mol. The molecule has 1 spiro atoms. The Balaban J connectivity index is 1.80. The Bertz CT molecular complexity index is 823. The number of sulfonamides is 1. The zero-order chi connectivity index (χ0) is 20.4. The Labute approximate surface area is 169 Å². The van der Waals surface area contributed by atoms with Gasteiger partial charge in [0.2, 0.25) is 10.0 Å². The van der Waals surface area contributed by atoms with E-state index in [2.05, 4.69) is 21.9 Å². The average molecular weight is 407 g/mol. The minimum Gasteiger partial charge on any atom is -0.357 e. The molecule has 1 saturated heterocycles. The van der Waals surface area contributed by atoms with E-state index in [4.69, 9.17) is 4.99 Å². The second-order valence-electron chi connectivity index (χ2n) is 9.16. The summed E-state index contributed by atoms with van der Waals surface area (Å²) in [5.74, 6) is 0.891. The number of likely N-dealkylation sites (tertiary alicyclic amines) is 1. The first-order chi connectivity index (χ1) is 13.1. The number of hydrogen-bond donors (Lipinski definition) is 2. The average Bonchev–Trinajstić information content (AvgIpc) is 3.03. The normalized spacial score (nSPS) is 19.7. The second-order valence-corrected chi connectivity index (χ2v) is 10.8. The van der Waals surface area contributed by atoms with E-state index >= 15 is 0 Å². The molecule has 0 atom stereocenters. The van der Waals surface area contributed by atoms with Crippen LogP contribution in [0.1, 0.15) is 58.9 Å². The molecule has 2 N–H and O–H groups in total. The number of nitrogens with zero attached hydrogens (tertiary/aromatic N) is 2. The molecule has 3 rings (SSSR count). The third kappa shape index (κ3) is 4.87. The van der Waals surface area contributed by atoms with Crippen LogP contribution in [0.15, 0.2) is 34.2 Å². The van der Waals surface area contributed by atoms with Crippen LogP contribution in [0.3, 0.4) is 0 Å². The minimum absolute atomic E-state index is 0.307. The molecule has 0 amide bonds. The predicted octanol–water partition coefficient (Wildman–Crippen LogP) is 3.10. The SMILES string of the molecule is CCNC(=NCc1ccccc1S(=O)(=O)NC(C)(C)C)N1CCC2(CCC2)C1. The Morgan fingerprint density at radius 2 is 1.93 bits per heavy atom. The maximum absolute atomic E-state index is 12.8. The molecule has 7 heteroatoms. The number of hydrogen-bond acceptors (Lipinski definition) is 3. The zero-order valence-electron chi connectivity index (χ0n) is 17.6. The van der Waals surface area contributed by atoms with Gasteiger partial charge in [0.1, 0.15) is 0 Å². The number of aliphatic imine (C=N–C) groups is 1. The van der Waals surface area contributed by atoms with Crippen molar-refractivity contribution in [2.24, 2.45) is 10.4 Å². The molecule has 1 aliphatic heterocycles. The molecule has 28 heavy (non-hydrogen) atoms. The molecule has 1 aliphatic carbocycles. The number of rotatable bonds is 5. The first-order valence-electron chi connectivity index (χ1n) is 10.3. The first kappa shape index (κ1) is 21.1. The van der Waals surface area contributed by atoms with Crippen molar-refractivity contribution in [3.8, 4) is 0 Å². The molecule has 1 heterocycles. The van der Waals surface area contributed by atoms with Crippen molar-refractivity contribution in [3.63, 3.8) is 0 Å². The number of guanidine groups is 1. The van der Waals surface area contributed by atoms with Crippen LogP contribution in [0.5, 0.6) is 0 Å². The lowest BCUT2D eigenvalue weighted by Crippen LogP contribution is -2.42. The lowest BCUT2D eigenvalue weighted by Gasteiger charge is -2.38. The van der Waals surface area contributed by atoms with Crippen molar-refractivity contribution in [3.05, 3.63) is 29.8 Å². The largest absolute Gasteiger partial charge is 0.357 e. The van der Waals surface area contributed by atoms with Gasteiger partial charge in [0.05, 0.1) is 11.4 Å². The minimum atomic E-state index is -3.59. The summed E-state index contributed by atoms with van der Waals surface area (Å²) >= 11 is 0. The molecular formula is C21H34N4O2S. The Kier molecular flexibility index (Phi) is 6.05. The fourth-order valence-corrected chi connectivity index (χ4v) is 5.79. The molecule has 156 valence electrons. The Morgan fingerprint density at radius 1 is 1.21 bits per heavy atom. The highest BCUT2D eigenvalue weighted by atomic mass is 32.2. The van der Waals surface area contributed by atoms with E-state index in [1.165, 1.54) is 25.7 Å². The summed E-state index contributed by atoms with van der Waals surface area (Å²) in [6.07, 6.45) is 5.22. The molecule has 1 saturated carbocycles. The fraction of sp³-hybridized carbons (Fsp3) is 0.667. The van der Waals surface area contributed by atoms with Gasteiger partial charge in [0.25, 0.3) is 0 Å². The van der Waals surface area contributed by atoms with Crippen LogP contribution < -0.4 is 10.0 Å². The van der Waals surface area contributed by atoms with Crippen molar-refractivity contribution in [1.29, 1.82) is 0 Å². The molecule has 0 aromatic heterocycles.